The normalized spacial score (nSPS) is 7.57. The zero-order valence-electron chi connectivity index (χ0n) is 3.34. The molecular weight excluding hydrogens is 87.0 g/mol. The van der Waals surface area contributed by atoms with E-state index in [1.165, 1.54) is 0 Å². The van der Waals surface area contributed by atoms with Gasteiger partial charge >= 0.3 is 18.9 Å². The van der Waals surface area contributed by atoms with Crippen molar-refractivity contribution in [3.05, 3.63) is 5.82 Å². The molecule has 1 aromatic rings. The van der Waals surface area contributed by atoms with Crippen molar-refractivity contribution < 1.29 is 0 Å². The van der Waals surface area contributed by atoms with Gasteiger partial charge in [-0.05, 0) is 17.4 Å². The van der Waals surface area contributed by atoms with Gasteiger partial charge in [0.2, 0.25) is 0 Å². The summed E-state index contributed by atoms with van der Waals surface area (Å²) in [6, 6.07) is 0. The van der Waals surface area contributed by atoms with Crippen molar-refractivity contribution in [2.24, 2.45) is 0 Å². The van der Waals surface area contributed by atoms with E-state index in [0.29, 0.717) is 0 Å². The number of rotatable bonds is 0. The van der Waals surface area contributed by atoms with E-state index in [1.807, 2.05) is 0 Å². The number of aryl methyl sites for hydroxylation is 1. The van der Waals surface area contributed by atoms with Gasteiger partial charge in [0.1, 0.15) is 5.82 Å². The molecule has 1 heterocycles. The van der Waals surface area contributed by atoms with Crippen LogP contribution in [0.1, 0.15) is 5.82 Å². The van der Waals surface area contributed by atoms with Gasteiger partial charge in [0, 0.05) is 0 Å². The average Bonchev–Trinajstić information content (AvgIpc) is 1.86. The van der Waals surface area contributed by atoms with Crippen LogP contribution in [0.25, 0.3) is 0 Å². The van der Waals surface area contributed by atoms with Crippen LogP contribution in [0.15, 0.2) is 0 Å². The molecule has 1 N–H and O–H groups in total. The summed E-state index contributed by atoms with van der Waals surface area (Å²) in [6.45, 7) is 1.79. The van der Waals surface area contributed by atoms with Crippen LogP contribution in [0.2, 0.25) is 0 Å². The second kappa shape index (κ2) is 2.78. The number of hydrogen-bond donors (Lipinski definition) is 1. The summed E-state index contributed by atoms with van der Waals surface area (Å²) in [5, 5.41) is 12.6. The fraction of sp³-hybridized carbons (Fsp3) is 0.500. The number of nitrogens with zero attached hydrogens (tertiary/aromatic N) is 3. The minimum absolute atomic E-state index is 0. The topological polar surface area (TPSA) is 54.5 Å². The van der Waals surface area contributed by atoms with Crippen LogP contribution in [0.4, 0.5) is 0 Å². The second-order valence-electron chi connectivity index (χ2n) is 0.987. The van der Waals surface area contributed by atoms with Gasteiger partial charge in [-0.2, -0.15) is 0 Å². The van der Waals surface area contributed by atoms with Crippen molar-refractivity contribution in [3.63, 3.8) is 0 Å². The standard InChI is InChI=1S/C2H4N4.Li.H/c1-2-3-5-6-4-2;;/h1H3,(H,3,4,5,6);;. The van der Waals surface area contributed by atoms with Crippen LogP contribution in [-0.2, 0) is 0 Å². The first-order chi connectivity index (χ1) is 2.89. The Bertz CT molecular complexity index is 113. The minimum atomic E-state index is 0. The Balaban J connectivity index is 0.000000360. The SMILES string of the molecule is Cc1nnn[nH]1.[LiH]. The maximum absolute atomic E-state index is 3.50. The van der Waals surface area contributed by atoms with Crippen molar-refractivity contribution >= 4 is 18.9 Å². The molecule has 0 fully saturated rings. The molecule has 0 bridgehead atoms. The second-order valence-corrected chi connectivity index (χ2v) is 0.987. The molecule has 34 valence electrons. The molecule has 0 saturated carbocycles. The summed E-state index contributed by atoms with van der Waals surface area (Å²) in [5.41, 5.74) is 0. The molecular formula is C2H5LiN4. The number of H-pyrrole nitrogens is 1. The van der Waals surface area contributed by atoms with E-state index >= 15 is 0 Å². The molecule has 0 aliphatic heterocycles. The summed E-state index contributed by atoms with van der Waals surface area (Å²) >= 11 is 0. The first-order valence-electron chi connectivity index (χ1n) is 1.60. The quantitative estimate of drug-likeness (QED) is 0.411. The third-order valence-electron chi connectivity index (χ3n) is 0.451. The van der Waals surface area contributed by atoms with Gasteiger partial charge < -0.3 is 0 Å². The van der Waals surface area contributed by atoms with Crippen molar-refractivity contribution in [3.8, 4) is 0 Å². The van der Waals surface area contributed by atoms with Gasteiger partial charge in [-0.25, -0.2) is 5.10 Å². The zero-order chi connectivity index (χ0) is 4.41. The number of aromatic amines is 1. The summed E-state index contributed by atoms with van der Waals surface area (Å²) in [7, 11) is 0. The Morgan fingerprint density at radius 2 is 2.29 bits per heavy atom. The Hall–Kier alpha value is -0.333. The summed E-state index contributed by atoms with van der Waals surface area (Å²) < 4.78 is 0. The average molecular weight is 92.0 g/mol. The third kappa shape index (κ3) is 1.71. The van der Waals surface area contributed by atoms with E-state index < -0.39 is 0 Å². The van der Waals surface area contributed by atoms with Gasteiger partial charge in [-0.1, -0.05) is 0 Å². The Kier molecular flexibility index (Phi) is 2.65. The number of nitrogens with one attached hydrogen (secondary N) is 1. The van der Waals surface area contributed by atoms with E-state index in [2.05, 4.69) is 20.6 Å². The van der Waals surface area contributed by atoms with Crippen LogP contribution in [0, 0.1) is 6.92 Å². The van der Waals surface area contributed by atoms with Gasteiger partial charge in [0.15, 0.2) is 0 Å². The number of hydrogen-bond acceptors (Lipinski definition) is 3. The number of tetrazole rings is 1. The van der Waals surface area contributed by atoms with Crippen molar-refractivity contribution in [2.75, 3.05) is 0 Å². The predicted molar refractivity (Wildman–Crippen MR) is 26.1 cm³/mol. The van der Waals surface area contributed by atoms with Crippen LogP contribution in [-0.4, -0.2) is 39.5 Å². The van der Waals surface area contributed by atoms with E-state index in [0.717, 1.165) is 5.82 Å². The van der Waals surface area contributed by atoms with Gasteiger partial charge in [0.25, 0.3) is 0 Å². The van der Waals surface area contributed by atoms with Crippen molar-refractivity contribution in [1.82, 2.24) is 20.6 Å². The molecule has 5 heteroatoms. The molecule has 0 unspecified atom stereocenters. The molecule has 0 atom stereocenters. The van der Waals surface area contributed by atoms with Gasteiger partial charge in [0.05, 0.1) is 0 Å². The Morgan fingerprint density at radius 3 is 2.43 bits per heavy atom. The molecule has 0 radical (unpaired) electrons. The molecule has 4 nitrogen and oxygen atoms in total. The molecule has 0 saturated heterocycles. The third-order valence-corrected chi connectivity index (χ3v) is 0.451. The van der Waals surface area contributed by atoms with Crippen LogP contribution < -0.4 is 0 Å². The fourth-order valence-electron chi connectivity index (χ4n) is 0.207. The van der Waals surface area contributed by atoms with E-state index in [9.17, 15) is 0 Å². The predicted octanol–water partition coefficient (Wildman–Crippen LogP) is -1.14. The Morgan fingerprint density at radius 1 is 1.57 bits per heavy atom. The van der Waals surface area contributed by atoms with Gasteiger partial charge in [-0.3, -0.25) is 0 Å². The van der Waals surface area contributed by atoms with Crippen LogP contribution in [0.5, 0.6) is 0 Å². The van der Waals surface area contributed by atoms with E-state index in [-0.39, 0.29) is 18.9 Å². The Labute approximate surface area is 52.9 Å². The van der Waals surface area contributed by atoms with Gasteiger partial charge in [-0.15, -0.1) is 5.10 Å². The zero-order valence-corrected chi connectivity index (χ0v) is 3.34. The molecule has 1 rings (SSSR count). The van der Waals surface area contributed by atoms with Crippen molar-refractivity contribution in [1.29, 1.82) is 0 Å². The molecule has 0 spiro atoms. The summed E-state index contributed by atoms with van der Waals surface area (Å²) in [5.74, 6) is 0.745. The molecule has 7 heavy (non-hydrogen) atoms. The summed E-state index contributed by atoms with van der Waals surface area (Å²) in [6.07, 6.45) is 0. The summed E-state index contributed by atoms with van der Waals surface area (Å²) in [4.78, 5) is 0. The molecule has 0 aromatic carbocycles. The first kappa shape index (κ1) is 6.67. The molecule has 0 aliphatic carbocycles. The number of aromatic nitrogens is 4. The van der Waals surface area contributed by atoms with E-state index in [4.69, 9.17) is 0 Å². The fourth-order valence-corrected chi connectivity index (χ4v) is 0.207. The first-order valence-corrected chi connectivity index (χ1v) is 1.60. The van der Waals surface area contributed by atoms with Crippen LogP contribution in [0.3, 0.4) is 0 Å². The molecule has 0 amide bonds. The van der Waals surface area contributed by atoms with Crippen LogP contribution >= 0.6 is 0 Å². The maximum atomic E-state index is 3.50. The molecule has 1 aromatic heterocycles. The van der Waals surface area contributed by atoms with Crippen molar-refractivity contribution in [2.45, 2.75) is 6.92 Å². The monoisotopic (exact) mass is 92.1 g/mol. The molecule has 0 aliphatic rings. The van der Waals surface area contributed by atoms with E-state index in [1.54, 1.807) is 6.92 Å².